The summed E-state index contributed by atoms with van der Waals surface area (Å²) in [5.41, 5.74) is 1.20. The van der Waals surface area contributed by atoms with E-state index >= 15 is 0 Å². The molecule has 2 rings (SSSR count). The number of carbonyl (C=O) groups excluding carboxylic acids is 2. The second kappa shape index (κ2) is 11.9. The number of methoxy groups -OCH3 is 1. The lowest BCUT2D eigenvalue weighted by Crippen LogP contribution is -2.46. The van der Waals surface area contributed by atoms with Crippen LogP contribution in [0, 0.1) is 0 Å². The zero-order chi connectivity index (χ0) is 24.6. The van der Waals surface area contributed by atoms with E-state index in [0.717, 1.165) is 11.8 Å². The first-order valence-electron chi connectivity index (χ1n) is 10.4. The van der Waals surface area contributed by atoms with Gasteiger partial charge in [0.25, 0.3) is 0 Å². The Labute approximate surface area is 200 Å². The SMILES string of the molecule is CNC(=O)[C@@H](C)N(Cc1cccc(Cl)c1)C(=O)CCCN(c1ccccc1OC)S(C)(=O)=O. The van der Waals surface area contributed by atoms with E-state index < -0.39 is 16.1 Å². The maximum absolute atomic E-state index is 13.1. The molecule has 10 heteroatoms. The summed E-state index contributed by atoms with van der Waals surface area (Å²) >= 11 is 6.07. The Hall–Kier alpha value is -2.78. The Morgan fingerprint density at radius 1 is 1.15 bits per heavy atom. The number of nitrogens with zero attached hydrogens (tertiary/aromatic N) is 2. The first-order chi connectivity index (χ1) is 15.6. The van der Waals surface area contributed by atoms with E-state index in [4.69, 9.17) is 16.3 Å². The van der Waals surface area contributed by atoms with Crippen LogP contribution in [0.15, 0.2) is 48.5 Å². The number of likely N-dealkylation sites (N-methyl/N-ethyl adjacent to an activating group) is 1. The molecule has 0 aliphatic carbocycles. The molecular weight excluding hydrogens is 466 g/mol. The Morgan fingerprint density at radius 2 is 1.85 bits per heavy atom. The van der Waals surface area contributed by atoms with Crippen molar-refractivity contribution in [2.24, 2.45) is 0 Å². The van der Waals surface area contributed by atoms with Crippen molar-refractivity contribution >= 4 is 39.1 Å². The number of rotatable bonds is 11. The van der Waals surface area contributed by atoms with Crippen LogP contribution in [0.5, 0.6) is 5.75 Å². The Morgan fingerprint density at radius 3 is 2.45 bits per heavy atom. The highest BCUT2D eigenvalue weighted by Gasteiger charge is 2.26. The summed E-state index contributed by atoms with van der Waals surface area (Å²) in [4.78, 5) is 26.8. The smallest absolute Gasteiger partial charge is 0.242 e. The fraction of sp³-hybridized carbons (Fsp3) is 0.391. The lowest BCUT2D eigenvalue weighted by Gasteiger charge is -2.29. The standard InChI is InChI=1S/C23H30ClN3O5S/c1-17(23(29)25-2)26(16-18-9-7-10-19(24)15-18)22(28)13-8-14-27(33(4,30)31)20-11-5-6-12-21(20)32-3/h5-7,9-12,15,17H,8,13-14,16H2,1-4H3,(H,25,29)/t17-/m1/s1. The van der Waals surface area contributed by atoms with Crippen LogP contribution in [-0.2, 0) is 26.2 Å². The number of ether oxygens (including phenoxy) is 1. The molecule has 0 heterocycles. The number of nitrogens with one attached hydrogen (secondary N) is 1. The quantitative estimate of drug-likeness (QED) is 0.517. The van der Waals surface area contributed by atoms with E-state index in [1.807, 2.05) is 6.07 Å². The minimum atomic E-state index is -3.61. The number of halogens is 1. The highest BCUT2D eigenvalue weighted by atomic mass is 35.5. The molecule has 2 amide bonds. The number of sulfonamides is 1. The van der Waals surface area contributed by atoms with E-state index in [2.05, 4.69) is 5.32 Å². The van der Waals surface area contributed by atoms with Crippen molar-refractivity contribution in [3.8, 4) is 5.75 Å². The molecular formula is C23H30ClN3O5S. The zero-order valence-corrected chi connectivity index (χ0v) is 20.8. The van der Waals surface area contributed by atoms with Crippen molar-refractivity contribution in [2.75, 3.05) is 31.3 Å². The summed E-state index contributed by atoms with van der Waals surface area (Å²) in [5.74, 6) is -0.137. The van der Waals surface area contributed by atoms with Gasteiger partial charge in [0.05, 0.1) is 19.1 Å². The van der Waals surface area contributed by atoms with Crippen LogP contribution in [0.25, 0.3) is 0 Å². The van der Waals surface area contributed by atoms with E-state index in [-0.39, 0.29) is 37.7 Å². The van der Waals surface area contributed by atoms with E-state index in [1.165, 1.54) is 23.4 Å². The molecule has 0 spiro atoms. The molecule has 0 bridgehead atoms. The number of hydrogen-bond acceptors (Lipinski definition) is 5. The fourth-order valence-corrected chi connectivity index (χ4v) is 4.62. The molecule has 8 nitrogen and oxygen atoms in total. The van der Waals surface area contributed by atoms with E-state index in [9.17, 15) is 18.0 Å². The maximum Gasteiger partial charge on any atom is 0.242 e. The summed E-state index contributed by atoms with van der Waals surface area (Å²) in [6.45, 7) is 1.94. The van der Waals surface area contributed by atoms with Gasteiger partial charge in [0.1, 0.15) is 11.8 Å². The summed E-state index contributed by atoms with van der Waals surface area (Å²) < 4.78 is 31.4. The highest BCUT2D eigenvalue weighted by Crippen LogP contribution is 2.29. The lowest BCUT2D eigenvalue weighted by atomic mass is 10.1. The summed E-state index contributed by atoms with van der Waals surface area (Å²) in [7, 11) is -0.625. The van der Waals surface area contributed by atoms with Gasteiger partial charge in [-0.2, -0.15) is 0 Å². The van der Waals surface area contributed by atoms with Gasteiger partial charge in [0.15, 0.2) is 0 Å². The van der Waals surface area contributed by atoms with Crippen molar-refractivity contribution in [3.05, 3.63) is 59.1 Å². The molecule has 0 saturated carbocycles. The highest BCUT2D eigenvalue weighted by molar-refractivity contribution is 7.92. The van der Waals surface area contributed by atoms with E-state index in [1.54, 1.807) is 49.4 Å². The Kier molecular flexibility index (Phi) is 9.55. The maximum atomic E-state index is 13.1. The predicted molar refractivity (Wildman–Crippen MR) is 130 cm³/mol. The number of anilines is 1. The third-order valence-electron chi connectivity index (χ3n) is 5.16. The minimum absolute atomic E-state index is 0.0586. The molecule has 0 radical (unpaired) electrons. The van der Waals surface area contributed by atoms with Gasteiger partial charge in [0, 0.05) is 31.6 Å². The predicted octanol–water partition coefficient (Wildman–Crippen LogP) is 3.06. The molecule has 0 aliphatic heterocycles. The topological polar surface area (TPSA) is 96.0 Å². The average Bonchev–Trinajstić information content (AvgIpc) is 2.78. The monoisotopic (exact) mass is 495 g/mol. The second-order valence-corrected chi connectivity index (χ2v) is 9.90. The van der Waals surface area contributed by atoms with Crippen molar-refractivity contribution in [1.29, 1.82) is 0 Å². The number of amides is 2. The van der Waals surface area contributed by atoms with Crippen LogP contribution < -0.4 is 14.4 Å². The van der Waals surface area contributed by atoms with Crippen LogP contribution >= 0.6 is 11.6 Å². The fourth-order valence-electron chi connectivity index (χ4n) is 3.44. The van der Waals surface area contributed by atoms with Crippen LogP contribution in [0.3, 0.4) is 0 Å². The summed E-state index contributed by atoms with van der Waals surface area (Å²) in [6, 6.07) is 13.2. The van der Waals surface area contributed by atoms with Crippen LogP contribution in [0.1, 0.15) is 25.3 Å². The molecule has 2 aromatic rings. The van der Waals surface area contributed by atoms with Crippen molar-refractivity contribution in [3.63, 3.8) is 0 Å². The molecule has 2 aromatic carbocycles. The largest absolute Gasteiger partial charge is 0.495 e. The van der Waals surface area contributed by atoms with Crippen LogP contribution in [0.4, 0.5) is 5.69 Å². The number of carbonyl (C=O) groups is 2. The molecule has 0 aliphatic rings. The molecule has 1 atom stereocenters. The van der Waals surface area contributed by atoms with Gasteiger partial charge < -0.3 is 15.0 Å². The molecule has 33 heavy (non-hydrogen) atoms. The molecule has 180 valence electrons. The van der Waals surface area contributed by atoms with Gasteiger partial charge in [-0.15, -0.1) is 0 Å². The number of hydrogen-bond donors (Lipinski definition) is 1. The minimum Gasteiger partial charge on any atom is -0.495 e. The van der Waals surface area contributed by atoms with Crippen molar-refractivity contribution < 1.29 is 22.7 Å². The molecule has 1 N–H and O–H groups in total. The van der Waals surface area contributed by atoms with Gasteiger partial charge in [0.2, 0.25) is 21.8 Å². The third-order valence-corrected chi connectivity index (χ3v) is 6.58. The van der Waals surface area contributed by atoms with E-state index in [0.29, 0.717) is 16.5 Å². The van der Waals surface area contributed by atoms with Crippen LogP contribution in [-0.4, -0.2) is 58.1 Å². The van der Waals surface area contributed by atoms with Gasteiger partial charge in [-0.05, 0) is 43.2 Å². The van der Waals surface area contributed by atoms with Gasteiger partial charge >= 0.3 is 0 Å². The molecule has 0 aromatic heterocycles. The first kappa shape index (κ1) is 26.5. The normalized spacial score (nSPS) is 12.0. The van der Waals surface area contributed by atoms with Crippen molar-refractivity contribution in [2.45, 2.75) is 32.4 Å². The molecule has 0 fully saturated rings. The summed E-state index contributed by atoms with van der Waals surface area (Å²) in [6.07, 6.45) is 1.43. The van der Waals surface area contributed by atoms with Gasteiger partial charge in [-0.3, -0.25) is 13.9 Å². The number of para-hydroxylation sites is 2. The Balaban J connectivity index is 2.18. The van der Waals surface area contributed by atoms with Crippen LogP contribution in [0.2, 0.25) is 5.02 Å². The van der Waals surface area contributed by atoms with Gasteiger partial charge in [-0.25, -0.2) is 8.42 Å². The zero-order valence-electron chi connectivity index (χ0n) is 19.2. The Bertz CT molecular complexity index is 1080. The average molecular weight is 496 g/mol. The second-order valence-electron chi connectivity index (χ2n) is 7.55. The lowest BCUT2D eigenvalue weighted by molar-refractivity contribution is -0.140. The third kappa shape index (κ3) is 7.36. The molecule has 0 unspecified atom stereocenters. The summed E-state index contributed by atoms with van der Waals surface area (Å²) in [5, 5.41) is 3.10. The van der Waals surface area contributed by atoms with Gasteiger partial charge in [-0.1, -0.05) is 35.9 Å². The van der Waals surface area contributed by atoms with Crippen molar-refractivity contribution in [1.82, 2.24) is 10.2 Å². The first-order valence-corrected chi connectivity index (χ1v) is 12.7. The molecule has 0 saturated heterocycles. The number of benzene rings is 2.